The molecule has 3 heteroatoms. The molecule has 1 aliphatic carbocycles. The van der Waals surface area contributed by atoms with Crippen LogP contribution in [0.2, 0.25) is 0 Å². The average molecular weight is 327 g/mol. The molecule has 1 aliphatic heterocycles. The van der Waals surface area contributed by atoms with Gasteiger partial charge in [0.1, 0.15) is 0 Å². The molecule has 1 fully saturated rings. The Kier molecular flexibility index (Phi) is 4.52. The summed E-state index contributed by atoms with van der Waals surface area (Å²) in [6, 6.07) is 11.3. The van der Waals surface area contributed by atoms with Crippen LogP contribution in [0, 0.1) is 0 Å². The summed E-state index contributed by atoms with van der Waals surface area (Å²) in [4.78, 5) is 2.79. The Morgan fingerprint density at radius 1 is 1.00 bits per heavy atom. The van der Waals surface area contributed by atoms with E-state index in [-0.39, 0.29) is 0 Å². The van der Waals surface area contributed by atoms with Crippen molar-refractivity contribution in [3.8, 4) is 0 Å². The summed E-state index contributed by atoms with van der Waals surface area (Å²) >= 11 is 1.79. The van der Waals surface area contributed by atoms with Crippen LogP contribution >= 0.6 is 11.3 Å². The van der Waals surface area contributed by atoms with Gasteiger partial charge in [0.15, 0.2) is 0 Å². The van der Waals surface area contributed by atoms with Crippen LogP contribution in [0.3, 0.4) is 0 Å². The molecule has 0 unspecified atom stereocenters. The zero-order valence-electron chi connectivity index (χ0n) is 13.8. The Labute approximate surface area is 143 Å². The van der Waals surface area contributed by atoms with Crippen molar-refractivity contribution < 1.29 is 0 Å². The van der Waals surface area contributed by atoms with E-state index < -0.39 is 0 Å². The molecule has 0 amide bonds. The third-order valence-corrected chi connectivity index (χ3v) is 6.28. The van der Waals surface area contributed by atoms with Crippen molar-refractivity contribution in [2.45, 2.75) is 44.2 Å². The third-order valence-electron chi connectivity index (χ3n) is 5.55. The fourth-order valence-corrected chi connectivity index (χ4v) is 5.00. The Morgan fingerprint density at radius 3 is 2.39 bits per heavy atom. The van der Waals surface area contributed by atoms with Gasteiger partial charge in [0.05, 0.1) is 0 Å². The molecule has 0 bridgehead atoms. The van der Waals surface area contributed by atoms with Crippen molar-refractivity contribution >= 4 is 11.3 Å². The quantitative estimate of drug-likeness (QED) is 0.897. The molecule has 0 radical (unpaired) electrons. The summed E-state index contributed by atoms with van der Waals surface area (Å²) in [6.07, 6.45) is 6.55. The molecule has 122 valence electrons. The number of nitrogens with zero attached hydrogens (tertiary/aromatic N) is 1. The summed E-state index contributed by atoms with van der Waals surface area (Å²) < 4.78 is 0. The van der Waals surface area contributed by atoms with Gasteiger partial charge in [0.2, 0.25) is 0 Å². The van der Waals surface area contributed by atoms with E-state index in [2.05, 4.69) is 51.3 Å². The molecule has 0 spiro atoms. The largest absolute Gasteiger partial charge is 0.311 e. The number of hydrogen-bond donors (Lipinski definition) is 1. The molecule has 2 heterocycles. The summed E-state index contributed by atoms with van der Waals surface area (Å²) in [5, 5.41) is 8.19. The molecule has 1 aromatic carbocycles. The lowest BCUT2D eigenvalue weighted by Crippen LogP contribution is -2.57. The number of benzene rings is 1. The van der Waals surface area contributed by atoms with Gasteiger partial charge in [-0.3, -0.25) is 4.90 Å². The Balaban J connectivity index is 1.50. The first kappa shape index (κ1) is 15.4. The van der Waals surface area contributed by atoms with E-state index in [0.29, 0.717) is 5.54 Å². The van der Waals surface area contributed by atoms with E-state index in [0.717, 1.165) is 13.1 Å². The Hall–Kier alpha value is -1.16. The van der Waals surface area contributed by atoms with Crippen LogP contribution in [0.25, 0.3) is 0 Å². The maximum Gasteiger partial charge on any atom is 0.0414 e. The van der Waals surface area contributed by atoms with Crippen molar-refractivity contribution in [1.29, 1.82) is 0 Å². The van der Waals surface area contributed by atoms with Gasteiger partial charge < -0.3 is 5.32 Å². The second-order valence-electron chi connectivity index (χ2n) is 7.13. The molecular weight excluding hydrogens is 300 g/mol. The highest BCUT2D eigenvalue weighted by Gasteiger charge is 2.41. The van der Waals surface area contributed by atoms with Gasteiger partial charge >= 0.3 is 0 Å². The first-order valence-corrected chi connectivity index (χ1v) is 9.84. The van der Waals surface area contributed by atoms with E-state index in [9.17, 15) is 0 Å². The highest BCUT2D eigenvalue weighted by atomic mass is 32.1. The smallest absolute Gasteiger partial charge is 0.0414 e. The minimum absolute atomic E-state index is 0.292. The first-order chi connectivity index (χ1) is 11.4. The Morgan fingerprint density at radius 2 is 1.74 bits per heavy atom. The van der Waals surface area contributed by atoms with Crippen LogP contribution in [-0.2, 0) is 19.4 Å². The van der Waals surface area contributed by atoms with Crippen LogP contribution in [0.1, 0.15) is 36.0 Å². The number of thiophene rings is 1. The van der Waals surface area contributed by atoms with Gasteiger partial charge in [-0.05, 0) is 72.3 Å². The maximum absolute atomic E-state index is 3.77. The van der Waals surface area contributed by atoms with Crippen LogP contribution in [-0.4, -0.2) is 30.1 Å². The van der Waals surface area contributed by atoms with E-state index in [4.69, 9.17) is 0 Å². The zero-order chi connectivity index (χ0) is 15.5. The first-order valence-electron chi connectivity index (χ1n) is 8.89. The van der Waals surface area contributed by atoms with E-state index in [1.807, 2.05) is 0 Å². The molecular formula is C20H26N2S. The van der Waals surface area contributed by atoms with Crippen LogP contribution < -0.4 is 5.32 Å². The normalized spacial score (nSPS) is 20.5. The molecule has 0 saturated carbocycles. The number of rotatable bonds is 5. The van der Waals surface area contributed by atoms with Crippen molar-refractivity contribution in [3.05, 3.63) is 57.8 Å². The molecule has 4 rings (SSSR count). The fraction of sp³-hybridized carbons (Fsp3) is 0.500. The molecule has 0 atom stereocenters. The van der Waals surface area contributed by atoms with Crippen LogP contribution in [0.4, 0.5) is 0 Å². The minimum Gasteiger partial charge on any atom is -0.311 e. The third kappa shape index (κ3) is 3.23. The van der Waals surface area contributed by atoms with Crippen LogP contribution in [0.15, 0.2) is 41.1 Å². The predicted molar refractivity (Wildman–Crippen MR) is 98.0 cm³/mol. The van der Waals surface area contributed by atoms with Crippen molar-refractivity contribution in [2.75, 3.05) is 19.6 Å². The van der Waals surface area contributed by atoms with Gasteiger partial charge in [-0.2, -0.15) is 11.3 Å². The standard InChI is InChI=1S/C20H26N2S/c1-4-9-22(10-5-1)20(16-21-14-17-8-11-23-15-17)12-18-6-2-3-7-19(18)13-20/h2-3,6-8,11,15,21H,1,4-5,9-10,12-14,16H2. The molecule has 1 saturated heterocycles. The molecule has 23 heavy (non-hydrogen) atoms. The number of likely N-dealkylation sites (tertiary alicyclic amines) is 1. The lowest BCUT2D eigenvalue weighted by Gasteiger charge is -2.44. The predicted octanol–water partition coefficient (Wildman–Crippen LogP) is 3.86. The summed E-state index contributed by atoms with van der Waals surface area (Å²) in [6.45, 7) is 4.63. The average Bonchev–Trinajstić information content (AvgIpc) is 3.23. The maximum atomic E-state index is 3.77. The second-order valence-corrected chi connectivity index (χ2v) is 7.91. The van der Waals surface area contributed by atoms with Gasteiger partial charge in [-0.1, -0.05) is 30.7 Å². The zero-order valence-corrected chi connectivity index (χ0v) is 14.6. The van der Waals surface area contributed by atoms with Crippen molar-refractivity contribution in [2.24, 2.45) is 0 Å². The van der Waals surface area contributed by atoms with E-state index >= 15 is 0 Å². The summed E-state index contributed by atoms with van der Waals surface area (Å²) in [5.74, 6) is 0. The molecule has 2 aliphatic rings. The second kappa shape index (κ2) is 6.76. The highest BCUT2D eigenvalue weighted by Crippen LogP contribution is 2.36. The van der Waals surface area contributed by atoms with E-state index in [1.54, 1.807) is 22.5 Å². The number of fused-ring (bicyclic) bond motifs is 1. The molecule has 2 nitrogen and oxygen atoms in total. The van der Waals surface area contributed by atoms with E-state index in [1.165, 1.54) is 50.8 Å². The van der Waals surface area contributed by atoms with Gasteiger partial charge in [-0.25, -0.2) is 0 Å². The fourth-order valence-electron chi connectivity index (χ4n) is 4.34. The number of hydrogen-bond acceptors (Lipinski definition) is 3. The lowest BCUT2D eigenvalue weighted by molar-refractivity contribution is 0.0724. The summed E-state index contributed by atoms with van der Waals surface area (Å²) in [7, 11) is 0. The topological polar surface area (TPSA) is 15.3 Å². The van der Waals surface area contributed by atoms with Gasteiger partial charge in [-0.15, -0.1) is 0 Å². The highest BCUT2D eigenvalue weighted by molar-refractivity contribution is 7.07. The molecule has 1 aromatic heterocycles. The van der Waals surface area contributed by atoms with Crippen LogP contribution in [0.5, 0.6) is 0 Å². The van der Waals surface area contributed by atoms with Gasteiger partial charge in [0.25, 0.3) is 0 Å². The SMILES string of the molecule is c1ccc2c(c1)CC(CNCc1ccsc1)(N1CCCCC1)C2. The monoisotopic (exact) mass is 326 g/mol. The number of piperidine rings is 1. The van der Waals surface area contributed by atoms with Crippen molar-refractivity contribution in [3.63, 3.8) is 0 Å². The molecule has 1 N–H and O–H groups in total. The minimum atomic E-state index is 0.292. The summed E-state index contributed by atoms with van der Waals surface area (Å²) in [5.41, 5.74) is 4.84. The Bertz CT molecular complexity index is 604. The lowest BCUT2D eigenvalue weighted by atomic mass is 9.90. The molecule has 2 aromatic rings. The number of nitrogens with one attached hydrogen (secondary N) is 1. The van der Waals surface area contributed by atoms with Crippen molar-refractivity contribution in [1.82, 2.24) is 10.2 Å². The van der Waals surface area contributed by atoms with Gasteiger partial charge in [0, 0.05) is 18.6 Å².